The molecule has 1 unspecified atom stereocenters. The Morgan fingerprint density at radius 1 is 1.11 bits per heavy atom. The maximum Gasteiger partial charge on any atom is 0.417 e. The molecule has 0 saturated carbocycles. The Morgan fingerprint density at radius 3 is 2.50 bits per heavy atom. The molecule has 3 aromatic carbocycles. The molecule has 38 heavy (non-hydrogen) atoms. The number of nitriles is 1. The van der Waals surface area contributed by atoms with Gasteiger partial charge in [-0.25, -0.2) is 4.79 Å². The van der Waals surface area contributed by atoms with Crippen molar-refractivity contribution in [2.75, 3.05) is 10.6 Å². The van der Waals surface area contributed by atoms with Crippen LogP contribution >= 0.6 is 0 Å². The first-order valence-electron chi connectivity index (χ1n) is 11.1. The van der Waals surface area contributed by atoms with Crippen LogP contribution < -0.4 is 10.6 Å². The molecule has 0 aliphatic heterocycles. The van der Waals surface area contributed by atoms with Gasteiger partial charge in [-0.2, -0.15) is 18.4 Å². The van der Waals surface area contributed by atoms with E-state index in [1.807, 2.05) is 6.07 Å². The number of carbonyl (C=O) groups excluding carboxylic acids is 1. The third-order valence-electron chi connectivity index (χ3n) is 5.69. The van der Waals surface area contributed by atoms with E-state index in [0.717, 1.165) is 12.1 Å². The van der Waals surface area contributed by atoms with E-state index in [9.17, 15) is 33.0 Å². The molecule has 0 spiro atoms. The number of halogens is 3. The summed E-state index contributed by atoms with van der Waals surface area (Å²) in [6, 6.07) is 13.1. The first-order chi connectivity index (χ1) is 18.0. The van der Waals surface area contributed by atoms with Gasteiger partial charge in [0.15, 0.2) is 11.8 Å². The lowest BCUT2D eigenvalue weighted by molar-refractivity contribution is -0.137. The fraction of sp³-hybridized carbons (Fsp3) is 0.154. The van der Waals surface area contributed by atoms with Crippen LogP contribution in [0.3, 0.4) is 0 Å². The molecule has 4 N–H and O–H groups in total. The van der Waals surface area contributed by atoms with Gasteiger partial charge in [-0.3, -0.25) is 4.79 Å². The van der Waals surface area contributed by atoms with E-state index >= 15 is 0 Å². The van der Waals surface area contributed by atoms with Crippen LogP contribution in [-0.4, -0.2) is 27.2 Å². The van der Waals surface area contributed by atoms with Crippen molar-refractivity contribution in [1.82, 2.24) is 5.16 Å². The first kappa shape index (κ1) is 26.2. The summed E-state index contributed by atoms with van der Waals surface area (Å²) in [6.45, 7) is 1.58. The minimum Gasteiger partial charge on any atom is -0.478 e. The summed E-state index contributed by atoms with van der Waals surface area (Å²) in [7, 11) is 0. The number of aromatic carboxylic acids is 1. The number of nitrogens with zero attached hydrogens (tertiary/aromatic N) is 2. The number of hydrogen-bond donors (Lipinski definition) is 4. The SMILES string of the molecule is CCC(=O)Nc1cc2c(C(O)Nc3ccc(C#N)cc3C(=O)O)noc2cc1-c1ccccc1C(F)(F)F. The van der Waals surface area contributed by atoms with E-state index < -0.39 is 29.8 Å². The van der Waals surface area contributed by atoms with Crippen molar-refractivity contribution >= 4 is 34.2 Å². The summed E-state index contributed by atoms with van der Waals surface area (Å²) >= 11 is 0. The molecule has 9 nitrogen and oxygen atoms in total. The lowest BCUT2D eigenvalue weighted by Crippen LogP contribution is -2.14. The fourth-order valence-electron chi connectivity index (χ4n) is 3.86. The van der Waals surface area contributed by atoms with Crippen LogP contribution in [0.25, 0.3) is 22.1 Å². The molecule has 194 valence electrons. The number of aliphatic hydroxyl groups excluding tert-OH is 1. The van der Waals surface area contributed by atoms with Crippen LogP contribution in [0.2, 0.25) is 0 Å². The number of rotatable bonds is 7. The Labute approximate surface area is 213 Å². The average Bonchev–Trinajstić information content (AvgIpc) is 3.30. The number of alkyl halides is 3. The van der Waals surface area contributed by atoms with Gasteiger partial charge in [0.25, 0.3) is 0 Å². The quantitative estimate of drug-likeness (QED) is 0.231. The Hall–Kier alpha value is -4.89. The van der Waals surface area contributed by atoms with Gasteiger partial charge in [0.2, 0.25) is 5.91 Å². The molecule has 0 aliphatic rings. The molecule has 0 fully saturated rings. The van der Waals surface area contributed by atoms with Gasteiger partial charge in [0.1, 0.15) is 5.69 Å². The summed E-state index contributed by atoms with van der Waals surface area (Å²) in [4.78, 5) is 23.9. The highest BCUT2D eigenvalue weighted by Crippen LogP contribution is 2.42. The van der Waals surface area contributed by atoms with Crippen LogP contribution in [-0.2, 0) is 11.0 Å². The number of carbonyl (C=O) groups is 2. The van der Waals surface area contributed by atoms with Gasteiger partial charge in [-0.1, -0.05) is 30.3 Å². The van der Waals surface area contributed by atoms with Crippen molar-refractivity contribution in [3.63, 3.8) is 0 Å². The number of anilines is 2. The third-order valence-corrected chi connectivity index (χ3v) is 5.69. The van der Waals surface area contributed by atoms with Crippen LogP contribution in [0.1, 0.15) is 46.8 Å². The molecule has 1 aromatic heterocycles. The number of nitrogens with one attached hydrogen (secondary N) is 2. The van der Waals surface area contributed by atoms with Crippen molar-refractivity contribution < 1.29 is 37.5 Å². The zero-order chi connectivity index (χ0) is 27.6. The van der Waals surface area contributed by atoms with E-state index in [-0.39, 0.29) is 56.7 Å². The minimum atomic E-state index is -4.67. The molecule has 12 heteroatoms. The minimum absolute atomic E-state index is 0.0145. The standard InChI is InChI=1S/C26H19F3N4O5/c1-2-22(34)31-20-10-17-21(11-15(20)14-5-3-4-6-18(14)26(27,28)29)38-33-23(17)24(35)32-19-8-7-13(12-30)9-16(19)25(36)37/h3-11,24,32,35H,2H2,1H3,(H,31,34)(H,36,37). The highest BCUT2D eigenvalue weighted by Gasteiger charge is 2.34. The molecular weight excluding hydrogens is 505 g/mol. The zero-order valence-electron chi connectivity index (χ0n) is 19.6. The van der Waals surface area contributed by atoms with E-state index in [0.29, 0.717) is 0 Å². The number of aliphatic hydroxyl groups is 1. The molecule has 0 bridgehead atoms. The molecule has 1 atom stereocenters. The number of benzene rings is 3. The molecule has 1 heterocycles. The highest BCUT2D eigenvalue weighted by atomic mass is 19.4. The second-order valence-electron chi connectivity index (χ2n) is 8.13. The Bertz CT molecular complexity index is 1590. The zero-order valence-corrected chi connectivity index (χ0v) is 19.6. The van der Waals surface area contributed by atoms with Gasteiger partial charge in [-0.05, 0) is 42.0 Å². The predicted octanol–water partition coefficient (Wildman–Crippen LogP) is 5.53. The van der Waals surface area contributed by atoms with Crippen LogP contribution in [0.4, 0.5) is 24.5 Å². The maximum atomic E-state index is 13.7. The number of amides is 1. The molecule has 4 aromatic rings. The van der Waals surface area contributed by atoms with E-state index in [1.54, 1.807) is 6.92 Å². The second-order valence-corrected chi connectivity index (χ2v) is 8.13. The van der Waals surface area contributed by atoms with E-state index in [4.69, 9.17) is 9.78 Å². The van der Waals surface area contributed by atoms with Crippen molar-refractivity contribution in [1.29, 1.82) is 5.26 Å². The van der Waals surface area contributed by atoms with Crippen LogP contribution in [0.5, 0.6) is 0 Å². The molecule has 0 saturated heterocycles. The van der Waals surface area contributed by atoms with Crippen molar-refractivity contribution in [3.8, 4) is 17.2 Å². The average molecular weight is 524 g/mol. The van der Waals surface area contributed by atoms with Crippen molar-refractivity contribution in [2.24, 2.45) is 0 Å². The number of carboxylic acids is 1. The number of carboxylic acid groups (broad SMARTS) is 1. The summed E-state index contributed by atoms with van der Waals surface area (Å²) in [5, 5.41) is 38.5. The molecular formula is C26H19F3N4O5. The second kappa shape index (κ2) is 10.2. The molecule has 0 radical (unpaired) electrons. The summed E-state index contributed by atoms with van der Waals surface area (Å²) in [5.74, 6) is -1.81. The number of hydrogen-bond acceptors (Lipinski definition) is 7. The van der Waals surface area contributed by atoms with Gasteiger partial charge in [-0.15, -0.1) is 0 Å². The topological polar surface area (TPSA) is 148 Å². The van der Waals surface area contributed by atoms with Gasteiger partial charge in [0, 0.05) is 17.7 Å². The van der Waals surface area contributed by atoms with Crippen molar-refractivity contribution in [3.05, 3.63) is 77.0 Å². The van der Waals surface area contributed by atoms with Gasteiger partial charge in [0.05, 0.1) is 33.8 Å². The van der Waals surface area contributed by atoms with Crippen LogP contribution in [0.15, 0.2) is 59.1 Å². The lowest BCUT2D eigenvalue weighted by atomic mass is 9.96. The predicted molar refractivity (Wildman–Crippen MR) is 130 cm³/mol. The van der Waals surface area contributed by atoms with E-state index in [1.165, 1.54) is 42.5 Å². The Morgan fingerprint density at radius 2 is 1.84 bits per heavy atom. The number of fused-ring (bicyclic) bond motifs is 1. The normalized spacial score (nSPS) is 12.1. The van der Waals surface area contributed by atoms with E-state index in [2.05, 4.69) is 15.8 Å². The molecule has 0 aliphatic carbocycles. The molecule has 1 amide bonds. The Balaban J connectivity index is 1.82. The monoisotopic (exact) mass is 524 g/mol. The van der Waals surface area contributed by atoms with Gasteiger partial charge >= 0.3 is 12.1 Å². The first-order valence-corrected chi connectivity index (χ1v) is 11.1. The number of aromatic nitrogens is 1. The smallest absolute Gasteiger partial charge is 0.417 e. The Kier molecular flexibility index (Phi) is 7.05. The highest BCUT2D eigenvalue weighted by molar-refractivity contribution is 6.01. The summed E-state index contributed by atoms with van der Waals surface area (Å²) in [5.41, 5.74) is -1.36. The fourth-order valence-corrected chi connectivity index (χ4v) is 3.86. The maximum absolute atomic E-state index is 13.7. The summed E-state index contributed by atoms with van der Waals surface area (Å²) in [6.07, 6.45) is -6.24. The third kappa shape index (κ3) is 5.14. The van der Waals surface area contributed by atoms with Crippen LogP contribution in [0, 0.1) is 11.3 Å². The van der Waals surface area contributed by atoms with Gasteiger partial charge < -0.3 is 25.4 Å². The lowest BCUT2D eigenvalue weighted by Gasteiger charge is -2.17. The largest absolute Gasteiger partial charge is 0.478 e. The summed E-state index contributed by atoms with van der Waals surface area (Å²) < 4.78 is 46.5. The molecule has 4 rings (SSSR count). The van der Waals surface area contributed by atoms with Crippen molar-refractivity contribution in [2.45, 2.75) is 25.7 Å².